The Morgan fingerprint density at radius 1 is 0.982 bits per heavy atom. The summed E-state index contributed by atoms with van der Waals surface area (Å²) in [5.41, 5.74) is 4.15. The fourth-order valence-electron chi connectivity index (χ4n) is 7.12. The maximum absolute atomic E-state index is 13.2. The van der Waals surface area contributed by atoms with Crippen LogP contribution in [0, 0.1) is 0 Å². The molecule has 0 bridgehead atoms. The Balaban J connectivity index is 1.42. The van der Waals surface area contributed by atoms with E-state index in [4.69, 9.17) is 29.4 Å². The smallest absolute Gasteiger partial charge is 0.330 e. The summed E-state index contributed by atoms with van der Waals surface area (Å²) in [6.07, 6.45) is 4.28. The Morgan fingerprint density at radius 2 is 1.64 bits per heavy atom. The van der Waals surface area contributed by atoms with Crippen molar-refractivity contribution in [2.45, 2.75) is 165 Å². The zero-order chi connectivity index (χ0) is 40.6. The first-order valence-corrected chi connectivity index (χ1v) is 19.9. The molecule has 9 unspecified atom stereocenters. The number of aromatic nitrogens is 2. The van der Waals surface area contributed by atoms with Crippen molar-refractivity contribution in [3.63, 3.8) is 0 Å². The van der Waals surface area contributed by atoms with E-state index in [1.165, 1.54) is 52.1 Å². The second kappa shape index (κ2) is 22.6. The predicted octanol–water partition coefficient (Wildman–Crippen LogP) is 1.07. The molecular formula is C38H59N5O13. The lowest BCUT2D eigenvalue weighted by atomic mass is 10.0. The average molecular weight is 794 g/mol. The first kappa shape index (κ1) is 44.6. The van der Waals surface area contributed by atoms with E-state index in [-0.39, 0.29) is 12.3 Å². The van der Waals surface area contributed by atoms with Gasteiger partial charge in [-0.2, -0.15) is 0 Å². The van der Waals surface area contributed by atoms with Crippen molar-refractivity contribution in [2.24, 2.45) is 5.73 Å². The Morgan fingerprint density at radius 3 is 2.27 bits per heavy atom. The van der Waals surface area contributed by atoms with Crippen LogP contribution in [0.4, 0.5) is 0 Å². The number of rotatable bonds is 22. The quantitative estimate of drug-likeness (QED) is 0.0710. The number of nitrogens with one attached hydrogen (secondary N) is 3. The molecule has 3 aliphatic heterocycles. The van der Waals surface area contributed by atoms with Crippen molar-refractivity contribution in [3.8, 4) is 0 Å². The summed E-state index contributed by atoms with van der Waals surface area (Å²) >= 11 is 0. The number of nitrogens with two attached hydrogens (primary N) is 1. The molecule has 18 heteroatoms. The van der Waals surface area contributed by atoms with Gasteiger partial charge in [0, 0.05) is 32.3 Å². The third kappa shape index (κ3) is 12.7. The number of aliphatic hydroxyl groups excluding tert-OH is 2. The maximum Gasteiger partial charge on any atom is 0.330 e. The van der Waals surface area contributed by atoms with Crippen molar-refractivity contribution in [3.05, 3.63) is 44.9 Å². The number of esters is 1. The number of carbonyl (C=O) groups excluding carboxylic acids is 4. The number of methoxy groups -OCH3 is 1. The summed E-state index contributed by atoms with van der Waals surface area (Å²) in [6.45, 7) is 2.67. The number of unbranched alkanes of at least 4 members (excludes halogenated alkanes) is 11. The Bertz CT molecular complexity index is 1600. The van der Waals surface area contributed by atoms with E-state index in [2.05, 4.69) is 22.5 Å². The molecule has 0 aromatic carbocycles. The fourth-order valence-corrected chi connectivity index (χ4v) is 7.12. The number of nitrogens with zero attached hydrogens (tertiary/aromatic N) is 1. The first-order valence-electron chi connectivity index (χ1n) is 19.9. The van der Waals surface area contributed by atoms with Gasteiger partial charge in [-0.25, -0.2) is 4.79 Å². The van der Waals surface area contributed by atoms with Crippen molar-refractivity contribution in [2.75, 3.05) is 13.7 Å². The molecule has 314 valence electrons. The number of carbonyl (C=O) groups is 4. The van der Waals surface area contributed by atoms with Gasteiger partial charge < -0.3 is 50.3 Å². The minimum absolute atomic E-state index is 0.0533. The maximum atomic E-state index is 13.2. The van der Waals surface area contributed by atoms with E-state index < -0.39 is 90.0 Å². The highest BCUT2D eigenvalue weighted by Crippen LogP contribution is 2.36. The Hall–Kier alpha value is -4.10. The monoisotopic (exact) mass is 793 g/mol. The third-order valence-electron chi connectivity index (χ3n) is 10.2. The van der Waals surface area contributed by atoms with Gasteiger partial charge in [-0.1, -0.05) is 77.6 Å². The summed E-state index contributed by atoms with van der Waals surface area (Å²) in [7, 11) is 1.24. The SMILES string of the molecule is CCCCCCCCCCCCCCC(=O)OC1C(OC)C(C(OC2OC(C(=O)NC3CCCCNC3=O)=CC(O)C2O)C(N)=O)OC1n1ccc(=O)[nH]c1=O. The van der Waals surface area contributed by atoms with Crippen LogP contribution in [0.25, 0.3) is 0 Å². The molecular weight excluding hydrogens is 734 g/mol. The second-order valence-electron chi connectivity index (χ2n) is 14.6. The van der Waals surface area contributed by atoms with Crippen molar-refractivity contribution in [1.29, 1.82) is 0 Å². The zero-order valence-corrected chi connectivity index (χ0v) is 32.4. The summed E-state index contributed by atoms with van der Waals surface area (Å²) in [5.74, 6) is -3.55. The molecule has 3 amide bonds. The number of hydrogen-bond donors (Lipinski definition) is 6. The van der Waals surface area contributed by atoms with Crippen LogP contribution >= 0.6 is 0 Å². The third-order valence-corrected chi connectivity index (χ3v) is 10.2. The van der Waals surface area contributed by atoms with Crippen LogP contribution in [-0.2, 0) is 42.9 Å². The van der Waals surface area contributed by atoms with Gasteiger partial charge in [-0.15, -0.1) is 0 Å². The van der Waals surface area contributed by atoms with Gasteiger partial charge in [0.15, 0.2) is 24.2 Å². The van der Waals surface area contributed by atoms with E-state index in [9.17, 15) is 39.0 Å². The molecule has 4 rings (SSSR count). The molecule has 0 saturated carbocycles. The molecule has 18 nitrogen and oxygen atoms in total. The van der Waals surface area contributed by atoms with Crippen molar-refractivity contribution in [1.82, 2.24) is 20.2 Å². The van der Waals surface area contributed by atoms with Crippen LogP contribution < -0.4 is 27.6 Å². The number of hydrogen-bond acceptors (Lipinski definition) is 13. The normalized spacial score (nSPS) is 27.0. The summed E-state index contributed by atoms with van der Waals surface area (Å²) in [5, 5.41) is 26.6. The molecule has 0 radical (unpaired) electrons. The standard InChI is InChI=1S/C38H59N5O13/c1-3-4-5-6-7-8-9-10-11-12-13-14-18-27(46)54-32-29(52-2)30(55-36(32)43-21-19-26(45)42-38(43)51)31(33(39)48)56-37-28(47)24(44)22-25(53-37)35(50)41-23-17-15-16-20-40-34(23)49/h19,21-24,28-32,36-37,44,47H,3-18,20H2,1-2H3,(H2,39,48)(H,40,49)(H,41,50)(H,42,45,51). The van der Waals surface area contributed by atoms with Crippen LogP contribution in [0.2, 0.25) is 0 Å². The van der Waals surface area contributed by atoms with Gasteiger partial charge in [-0.05, 0) is 31.8 Å². The molecule has 0 aliphatic carbocycles. The molecule has 4 heterocycles. The number of H-pyrrole nitrogens is 1. The van der Waals surface area contributed by atoms with Gasteiger partial charge >= 0.3 is 11.7 Å². The molecule has 56 heavy (non-hydrogen) atoms. The largest absolute Gasteiger partial charge is 0.456 e. The van der Waals surface area contributed by atoms with Crippen molar-refractivity contribution < 1.29 is 53.1 Å². The Labute approximate surface area is 325 Å². The number of aromatic amines is 1. The predicted molar refractivity (Wildman–Crippen MR) is 199 cm³/mol. The van der Waals surface area contributed by atoms with E-state index >= 15 is 0 Å². The fraction of sp³-hybridized carbons (Fsp3) is 0.737. The van der Waals surface area contributed by atoms with Crippen LogP contribution in [0.3, 0.4) is 0 Å². The molecule has 7 N–H and O–H groups in total. The van der Waals surface area contributed by atoms with Crippen LogP contribution in [-0.4, -0.2) is 106 Å². The molecule has 0 spiro atoms. The minimum atomic E-state index is -1.88. The molecule has 1 aromatic rings. The lowest BCUT2D eigenvalue weighted by Crippen LogP contribution is -2.54. The Kier molecular flexibility index (Phi) is 18.0. The van der Waals surface area contributed by atoms with Crippen molar-refractivity contribution >= 4 is 23.7 Å². The summed E-state index contributed by atoms with van der Waals surface area (Å²) in [4.78, 5) is 78.6. The van der Waals surface area contributed by atoms with Gasteiger partial charge in [0.2, 0.25) is 18.1 Å². The highest BCUT2D eigenvalue weighted by molar-refractivity contribution is 5.95. The molecule has 9 atom stereocenters. The van der Waals surface area contributed by atoms with E-state index in [0.717, 1.165) is 55.0 Å². The molecule has 3 aliphatic rings. The van der Waals surface area contributed by atoms with Gasteiger partial charge in [0.05, 0.1) is 0 Å². The topological polar surface area (TPSA) is 260 Å². The van der Waals surface area contributed by atoms with Crippen LogP contribution in [0.5, 0.6) is 0 Å². The van der Waals surface area contributed by atoms with E-state index in [1.54, 1.807) is 0 Å². The first-order chi connectivity index (χ1) is 26.9. The summed E-state index contributed by atoms with van der Waals surface area (Å²) in [6, 6.07) is 0.177. The highest BCUT2D eigenvalue weighted by atomic mass is 16.7. The lowest BCUT2D eigenvalue weighted by Gasteiger charge is -2.35. The number of amides is 3. The van der Waals surface area contributed by atoms with Crippen LogP contribution in [0.1, 0.15) is 116 Å². The molecule has 2 saturated heterocycles. The lowest BCUT2D eigenvalue weighted by molar-refractivity contribution is -0.241. The van der Waals surface area contributed by atoms with Gasteiger partial charge in [0.25, 0.3) is 11.5 Å². The van der Waals surface area contributed by atoms with Gasteiger partial charge in [0.1, 0.15) is 30.5 Å². The van der Waals surface area contributed by atoms with Gasteiger partial charge in [-0.3, -0.25) is 33.5 Å². The zero-order valence-electron chi connectivity index (χ0n) is 32.4. The van der Waals surface area contributed by atoms with E-state index in [0.29, 0.717) is 25.8 Å². The molecule has 2 fully saturated rings. The number of aliphatic hydroxyl groups is 2. The van der Waals surface area contributed by atoms with Crippen LogP contribution in [0.15, 0.2) is 33.7 Å². The van der Waals surface area contributed by atoms with E-state index in [1.807, 2.05) is 0 Å². The molecule has 1 aromatic heterocycles. The number of primary amides is 1. The number of ether oxygens (including phenoxy) is 5. The second-order valence-corrected chi connectivity index (χ2v) is 14.6. The minimum Gasteiger partial charge on any atom is -0.456 e. The average Bonchev–Trinajstić information content (AvgIpc) is 3.37. The summed E-state index contributed by atoms with van der Waals surface area (Å²) < 4.78 is 29.9. The highest BCUT2D eigenvalue weighted by Gasteiger charge is 2.54.